The van der Waals surface area contributed by atoms with Gasteiger partial charge in [-0.3, -0.25) is 19.9 Å². The zero-order valence-corrected chi connectivity index (χ0v) is 15.3. The van der Waals surface area contributed by atoms with Gasteiger partial charge in [0.2, 0.25) is 5.78 Å². The molecule has 1 aliphatic heterocycles. The second-order valence-electron chi connectivity index (χ2n) is 6.21. The highest BCUT2D eigenvalue weighted by Gasteiger charge is 2.37. The van der Waals surface area contributed by atoms with Gasteiger partial charge in [-0.2, -0.15) is 5.10 Å². The van der Waals surface area contributed by atoms with Crippen LogP contribution >= 0.6 is 0 Å². The molecule has 0 aliphatic carbocycles. The van der Waals surface area contributed by atoms with Crippen LogP contribution in [0.15, 0.2) is 59.7 Å². The average molecular weight is 381 g/mol. The summed E-state index contributed by atoms with van der Waals surface area (Å²) in [6.07, 6.45) is 0.0382. The predicted molar refractivity (Wildman–Crippen MR) is 102 cm³/mol. The van der Waals surface area contributed by atoms with E-state index in [0.29, 0.717) is 6.54 Å². The summed E-state index contributed by atoms with van der Waals surface area (Å²) in [6.45, 7) is 2.23. The predicted octanol–water partition coefficient (Wildman–Crippen LogP) is 2.97. The van der Waals surface area contributed by atoms with Gasteiger partial charge in [0.05, 0.1) is 18.1 Å². The lowest BCUT2D eigenvalue weighted by atomic mass is 10.0. The zero-order chi connectivity index (χ0) is 20.1. The largest absolute Gasteiger partial charge is 0.464 e. The molecule has 0 amide bonds. The van der Waals surface area contributed by atoms with E-state index in [9.17, 15) is 19.7 Å². The third-order valence-corrected chi connectivity index (χ3v) is 4.35. The summed E-state index contributed by atoms with van der Waals surface area (Å²) in [5.41, 5.74) is 0.683. The van der Waals surface area contributed by atoms with Crippen LogP contribution in [-0.4, -0.2) is 40.0 Å². The Hall–Kier alpha value is -3.55. The van der Waals surface area contributed by atoms with Crippen molar-refractivity contribution < 1.29 is 19.2 Å². The summed E-state index contributed by atoms with van der Waals surface area (Å²) in [5, 5.41) is 17.1. The summed E-state index contributed by atoms with van der Waals surface area (Å²) in [7, 11) is 0. The van der Waals surface area contributed by atoms with E-state index in [2.05, 4.69) is 5.10 Å². The van der Waals surface area contributed by atoms with Crippen molar-refractivity contribution in [2.45, 2.75) is 25.9 Å². The number of carbonyl (C=O) groups excluding carboxylic acids is 2. The molecule has 2 aromatic rings. The normalized spacial score (nSPS) is 15.8. The molecule has 3 rings (SSSR count). The van der Waals surface area contributed by atoms with Crippen molar-refractivity contribution in [1.82, 2.24) is 5.01 Å². The Morgan fingerprint density at radius 1 is 1.18 bits per heavy atom. The van der Waals surface area contributed by atoms with Gasteiger partial charge in [0, 0.05) is 12.5 Å². The molecule has 0 saturated heterocycles. The molecule has 0 saturated carbocycles. The van der Waals surface area contributed by atoms with Crippen LogP contribution in [-0.2, 0) is 16.1 Å². The number of nitro benzene ring substituents is 1. The Kier molecular flexibility index (Phi) is 5.78. The number of para-hydroxylation sites is 1. The van der Waals surface area contributed by atoms with Crippen LogP contribution in [0.4, 0.5) is 5.69 Å². The molecule has 8 nitrogen and oxygen atoms in total. The van der Waals surface area contributed by atoms with Crippen molar-refractivity contribution in [2.75, 3.05) is 6.61 Å². The highest BCUT2D eigenvalue weighted by atomic mass is 16.6. The van der Waals surface area contributed by atoms with E-state index < -0.39 is 22.7 Å². The Labute approximate surface area is 161 Å². The van der Waals surface area contributed by atoms with Crippen molar-refractivity contribution in [3.8, 4) is 0 Å². The second kappa shape index (κ2) is 8.43. The van der Waals surface area contributed by atoms with E-state index in [1.165, 1.54) is 23.2 Å². The smallest absolute Gasteiger partial charge is 0.330 e. The van der Waals surface area contributed by atoms with Gasteiger partial charge in [-0.25, -0.2) is 4.79 Å². The van der Waals surface area contributed by atoms with Gasteiger partial charge in [-0.05, 0) is 18.6 Å². The van der Waals surface area contributed by atoms with Crippen LogP contribution in [0.3, 0.4) is 0 Å². The molecule has 0 spiro atoms. The maximum atomic E-state index is 12.9. The minimum Gasteiger partial charge on any atom is -0.464 e. The average Bonchev–Trinajstić information content (AvgIpc) is 3.12. The maximum absolute atomic E-state index is 12.9. The number of hydrogen-bond donors (Lipinski definition) is 0. The third-order valence-electron chi connectivity index (χ3n) is 4.35. The number of hydrogen-bond acceptors (Lipinski definition) is 7. The summed E-state index contributed by atoms with van der Waals surface area (Å²) in [5.74, 6) is -1.04. The Morgan fingerprint density at radius 3 is 2.54 bits per heavy atom. The molecular formula is C20H19N3O5. The summed E-state index contributed by atoms with van der Waals surface area (Å²) in [6, 6.07) is 14.4. The second-order valence-corrected chi connectivity index (χ2v) is 6.21. The summed E-state index contributed by atoms with van der Waals surface area (Å²) >= 11 is 0. The highest BCUT2D eigenvalue weighted by Crippen LogP contribution is 2.25. The number of ketones is 1. The van der Waals surface area contributed by atoms with E-state index in [0.717, 1.165) is 5.56 Å². The van der Waals surface area contributed by atoms with Crippen LogP contribution < -0.4 is 0 Å². The first-order chi connectivity index (χ1) is 13.5. The number of esters is 1. The summed E-state index contributed by atoms with van der Waals surface area (Å²) in [4.78, 5) is 35.9. The molecule has 8 heteroatoms. The van der Waals surface area contributed by atoms with E-state index in [1.807, 2.05) is 30.3 Å². The molecule has 144 valence electrons. The number of ether oxygens (including phenoxy) is 1. The minimum atomic E-state index is -0.748. The fraction of sp³-hybridized carbons (Fsp3) is 0.250. The van der Waals surface area contributed by atoms with Crippen molar-refractivity contribution in [3.05, 3.63) is 75.8 Å². The van der Waals surface area contributed by atoms with Crippen LogP contribution in [0.5, 0.6) is 0 Å². The Balaban J connectivity index is 1.90. The van der Waals surface area contributed by atoms with Gasteiger partial charge in [0.25, 0.3) is 5.69 Å². The zero-order valence-electron chi connectivity index (χ0n) is 15.3. The van der Waals surface area contributed by atoms with Crippen LogP contribution in [0, 0.1) is 10.1 Å². The molecule has 1 atom stereocenters. The molecule has 0 N–H and O–H groups in total. The van der Waals surface area contributed by atoms with Crippen molar-refractivity contribution >= 4 is 23.2 Å². The fourth-order valence-electron chi connectivity index (χ4n) is 3.03. The van der Waals surface area contributed by atoms with Gasteiger partial charge >= 0.3 is 5.97 Å². The maximum Gasteiger partial charge on any atom is 0.330 e. The lowest BCUT2D eigenvalue weighted by Crippen LogP contribution is -2.35. The number of rotatable bonds is 7. The first kappa shape index (κ1) is 19.2. The van der Waals surface area contributed by atoms with Gasteiger partial charge < -0.3 is 4.74 Å². The number of carbonyl (C=O) groups is 2. The molecular weight excluding hydrogens is 362 g/mol. The minimum absolute atomic E-state index is 0.0382. The third kappa shape index (κ3) is 4.06. The van der Waals surface area contributed by atoms with Gasteiger partial charge in [0.1, 0.15) is 11.3 Å². The Morgan fingerprint density at radius 2 is 1.86 bits per heavy atom. The molecule has 0 fully saturated rings. The lowest BCUT2D eigenvalue weighted by Gasteiger charge is -2.21. The Bertz CT molecular complexity index is 926. The molecule has 1 heterocycles. The standard InChI is InChI=1S/C20H19N3O5/c1-2-28-20(25)18-12-16(21-22(18)13-14-8-4-3-5-9-14)19(24)15-10-6-7-11-17(15)23(26)27/h3-11,18H,2,12-13H2,1H3. The molecule has 2 aromatic carbocycles. The molecule has 1 aliphatic rings. The number of hydrazone groups is 1. The molecule has 0 bridgehead atoms. The monoisotopic (exact) mass is 381 g/mol. The highest BCUT2D eigenvalue weighted by molar-refractivity contribution is 6.47. The van der Waals surface area contributed by atoms with E-state index in [1.54, 1.807) is 13.0 Å². The van der Waals surface area contributed by atoms with Crippen LogP contribution in [0.25, 0.3) is 0 Å². The van der Waals surface area contributed by atoms with E-state index in [-0.39, 0.29) is 30.0 Å². The number of Topliss-reactive ketones (excluding diaryl/α,β-unsaturated/α-hetero) is 1. The molecule has 28 heavy (non-hydrogen) atoms. The van der Waals surface area contributed by atoms with Gasteiger partial charge in [0.15, 0.2) is 6.04 Å². The number of benzene rings is 2. The SMILES string of the molecule is CCOC(=O)C1CC(C(=O)c2ccccc2[N+](=O)[O-])=NN1Cc1ccccc1. The first-order valence-electron chi connectivity index (χ1n) is 8.84. The summed E-state index contributed by atoms with van der Waals surface area (Å²) < 4.78 is 5.12. The van der Waals surface area contributed by atoms with Crippen molar-refractivity contribution in [3.63, 3.8) is 0 Å². The topological polar surface area (TPSA) is 102 Å². The van der Waals surface area contributed by atoms with E-state index >= 15 is 0 Å². The number of nitrogens with zero attached hydrogens (tertiary/aromatic N) is 3. The van der Waals surface area contributed by atoms with Crippen molar-refractivity contribution in [1.29, 1.82) is 0 Å². The van der Waals surface area contributed by atoms with Gasteiger partial charge in [-0.15, -0.1) is 0 Å². The van der Waals surface area contributed by atoms with Gasteiger partial charge in [-0.1, -0.05) is 42.5 Å². The quantitative estimate of drug-likeness (QED) is 0.316. The molecule has 0 radical (unpaired) electrons. The number of nitro groups is 1. The molecule has 1 unspecified atom stereocenters. The van der Waals surface area contributed by atoms with Crippen LogP contribution in [0.2, 0.25) is 0 Å². The fourth-order valence-corrected chi connectivity index (χ4v) is 3.03. The molecule has 0 aromatic heterocycles. The van der Waals surface area contributed by atoms with Crippen molar-refractivity contribution in [2.24, 2.45) is 5.10 Å². The van der Waals surface area contributed by atoms with E-state index in [4.69, 9.17) is 4.74 Å². The van der Waals surface area contributed by atoms with Crippen LogP contribution in [0.1, 0.15) is 29.3 Å². The first-order valence-corrected chi connectivity index (χ1v) is 8.84. The lowest BCUT2D eigenvalue weighted by molar-refractivity contribution is -0.385.